The third kappa shape index (κ3) is 4.20. The molecule has 1 N–H and O–H groups in total. The van der Waals surface area contributed by atoms with Crippen LogP contribution in [0.25, 0.3) is 0 Å². The Balaban J connectivity index is 3.09. The number of sulfone groups is 1. The van der Waals surface area contributed by atoms with Crippen LogP contribution < -0.4 is 5.32 Å². The molecule has 0 aliphatic rings. The Hall–Kier alpha value is -1.60. The molecule has 0 unspecified atom stereocenters. The molecule has 0 saturated heterocycles. The van der Waals surface area contributed by atoms with E-state index in [0.29, 0.717) is 0 Å². The summed E-state index contributed by atoms with van der Waals surface area (Å²) in [5.41, 5.74) is -1.31. The Morgan fingerprint density at radius 2 is 1.91 bits per heavy atom. The van der Waals surface area contributed by atoms with E-state index in [-0.39, 0.29) is 22.2 Å². The molecule has 0 aromatic heterocycles. The summed E-state index contributed by atoms with van der Waals surface area (Å²) in [5.74, 6) is -1.32. The second-order valence-electron chi connectivity index (χ2n) is 5.21. The van der Waals surface area contributed by atoms with Crippen LogP contribution in [0.15, 0.2) is 23.1 Å². The number of amides is 1. The zero-order chi connectivity index (χ0) is 17.1. The summed E-state index contributed by atoms with van der Waals surface area (Å²) in [4.78, 5) is 24.1. The number of benzene rings is 1. The molecular weight excluding hydrogens is 330 g/mol. The van der Waals surface area contributed by atoms with Gasteiger partial charge in [0, 0.05) is 6.26 Å². The van der Waals surface area contributed by atoms with E-state index >= 15 is 0 Å². The monoisotopic (exact) mass is 347 g/mol. The lowest BCUT2D eigenvalue weighted by Gasteiger charge is -2.21. The average molecular weight is 348 g/mol. The minimum atomic E-state index is -3.44. The Morgan fingerprint density at radius 3 is 2.41 bits per heavy atom. The van der Waals surface area contributed by atoms with E-state index in [1.165, 1.54) is 32.0 Å². The van der Waals surface area contributed by atoms with E-state index in [0.717, 1.165) is 6.26 Å². The highest BCUT2D eigenvalue weighted by atomic mass is 35.5. The van der Waals surface area contributed by atoms with Crippen molar-refractivity contribution in [3.8, 4) is 0 Å². The summed E-state index contributed by atoms with van der Waals surface area (Å²) in [7, 11) is -3.44. The van der Waals surface area contributed by atoms with Gasteiger partial charge in [0.1, 0.15) is 5.41 Å². The van der Waals surface area contributed by atoms with Gasteiger partial charge in [-0.15, -0.1) is 0 Å². The van der Waals surface area contributed by atoms with E-state index in [1.54, 1.807) is 6.92 Å². The van der Waals surface area contributed by atoms with Crippen LogP contribution in [-0.4, -0.2) is 33.2 Å². The second kappa shape index (κ2) is 6.66. The van der Waals surface area contributed by atoms with Gasteiger partial charge in [-0.3, -0.25) is 9.59 Å². The second-order valence-corrected chi connectivity index (χ2v) is 7.64. The fourth-order valence-corrected chi connectivity index (χ4v) is 2.33. The normalized spacial score (nSPS) is 11.9. The standard InChI is InChI=1S/C14H18ClNO5S/c1-5-21-13(18)14(2,3)12(17)16-11-8-9(22(4,19)20)6-7-10(11)15/h6-8H,5H2,1-4H3,(H,16,17). The lowest BCUT2D eigenvalue weighted by Crippen LogP contribution is -2.39. The maximum absolute atomic E-state index is 12.2. The van der Waals surface area contributed by atoms with Gasteiger partial charge >= 0.3 is 5.97 Å². The van der Waals surface area contributed by atoms with Crippen LogP contribution in [0.2, 0.25) is 5.02 Å². The lowest BCUT2D eigenvalue weighted by atomic mass is 9.92. The molecule has 1 rings (SSSR count). The molecule has 0 saturated carbocycles. The fourth-order valence-electron chi connectivity index (χ4n) is 1.51. The lowest BCUT2D eigenvalue weighted by molar-refractivity contribution is -0.157. The molecule has 0 aliphatic carbocycles. The Kier molecular flexibility index (Phi) is 5.59. The molecule has 0 radical (unpaired) electrons. The van der Waals surface area contributed by atoms with Gasteiger partial charge < -0.3 is 10.1 Å². The van der Waals surface area contributed by atoms with Crippen molar-refractivity contribution >= 4 is 39.0 Å². The molecule has 1 amide bonds. The van der Waals surface area contributed by atoms with Gasteiger partial charge in [0.15, 0.2) is 9.84 Å². The summed E-state index contributed by atoms with van der Waals surface area (Å²) in [5, 5.41) is 2.63. The number of carbonyl (C=O) groups excluding carboxylic acids is 2. The van der Waals surface area contributed by atoms with E-state index in [1.807, 2.05) is 0 Å². The topological polar surface area (TPSA) is 89.5 Å². The van der Waals surface area contributed by atoms with Gasteiger partial charge in [-0.05, 0) is 39.0 Å². The summed E-state index contributed by atoms with van der Waals surface area (Å²) < 4.78 is 27.9. The number of esters is 1. The predicted molar refractivity (Wildman–Crippen MR) is 83.6 cm³/mol. The van der Waals surface area contributed by atoms with Crippen LogP contribution in [0.1, 0.15) is 20.8 Å². The number of rotatable bonds is 5. The summed E-state index contributed by atoms with van der Waals surface area (Å²) in [6, 6.07) is 3.95. The van der Waals surface area contributed by atoms with Crippen LogP contribution in [0.4, 0.5) is 5.69 Å². The average Bonchev–Trinajstić information content (AvgIpc) is 2.40. The van der Waals surface area contributed by atoms with Crippen molar-refractivity contribution in [2.45, 2.75) is 25.7 Å². The molecular formula is C14H18ClNO5S. The van der Waals surface area contributed by atoms with E-state index in [4.69, 9.17) is 16.3 Å². The van der Waals surface area contributed by atoms with Crippen LogP contribution in [0.3, 0.4) is 0 Å². The summed E-state index contributed by atoms with van der Waals surface area (Å²) in [6.07, 6.45) is 1.05. The van der Waals surface area contributed by atoms with E-state index in [9.17, 15) is 18.0 Å². The number of carbonyl (C=O) groups is 2. The Morgan fingerprint density at radius 1 is 1.32 bits per heavy atom. The first-order chi connectivity index (χ1) is 10.00. The van der Waals surface area contributed by atoms with Crippen molar-refractivity contribution < 1.29 is 22.7 Å². The smallest absolute Gasteiger partial charge is 0.321 e. The molecule has 122 valence electrons. The number of hydrogen-bond acceptors (Lipinski definition) is 5. The maximum Gasteiger partial charge on any atom is 0.321 e. The molecule has 0 aliphatic heterocycles. The Labute approximate surface area is 134 Å². The zero-order valence-electron chi connectivity index (χ0n) is 12.8. The van der Waals surface area contributed by atoms with Crippen molar-refractivity contribution in [1.82, 2.24) is 0 Å². The number of ether oxygens (including phenoxy) is 1. The quantitative estimate of drug-likeness (QED) is 0.652. The van der Waals surface area contributed by atoms with E-state index in [2.05, 4.69) is 5.32 Å². The molecule has 0 heterocycles. The molecule has 6 nitrogen and oxygen atoms in total. The van der Waals surface area contributed by atoms with Gasteiger partial charge in [0.2, 0.25) is 5.91 Å². The van der Waals surface area contributed by atoms with Crippen LogP contribution >= 0.6 is 11.6 Å². The molecule has 0 bridgehead atoms. The number of anilines is 1. The fraction of sp³-hybridized carbons (Fsp3) is 0.429. The third-order valence-corrected chi connectivity index (χ3v) is 4.41. The van der Waals surface area contributed by atoms with Crippen molar-refractivity contribution in [2.24, 2.45) is 5.41 Å². The maximum atomic E-state index is 12.2. The minimum absolute atomic E-state index is 0.0149. The SMILES string of the molecule is CCOC(=O)C(C)(C)C(=O)Nc1cc(S(C)(=O)=O)ccc1Cl. The summed E-state index contributed by atoms with van der Waals surface area (Å²) in [6.45, 7) is 4.61. The van der Waals surface area contributed by atoms with Gasteiger partial charge in [-0.2, -0.15) is 0 Å². The molecule has 0 fully saturated rings. The number of nitrogens with one attached hydrogen (secondary N) is 1. The van der Waals surface area contributed by atoms with Crippen LogP contribution in [0.5, 0.6) is 0 Å². The zero-order valence-corrected chi connectivity index (χ0v) is 14.3. The molecule has 22 heavy (non-hydrogen) atoms. The highest BCUT2D eigenvalue weighted by Gasteiger charge is 2.38. The highest BCUT2D eigenvalue weighted by molar-refractivity contribution is 7.90. The van der Waals surface area contributed by atoms with Crippen molar-refractivity contribution in [3.63, 3.8) is 0 Å². The number of halogens is 1. The van der Waals surface area contributed by atoms with Gasteiger partial charge in [-0.1, -0.05) is 11.6 Å². The molecule has 1 aromatic rings. The van der Waals surface area contributed by atoms with Gasteiger partial charge in [-0.25, -0.2) is 8.42 Å². The third-order valence-electron chi connectivity index (χ3n) is 2.97. The molecule has 0 atom stereocenters. The first-order valence-corrected chi connectivity index (χ1v) is 8.75. The molecule has 1 aromatic carbocycles. The van der Waals surface area contributed by atoms with Crippen molar-refractivity contribution in [3.05, 3.63) is 23.2 Å². The molecule has 8 heteroatoms. The number of hydrogen-bond donors (Lipinski definition) is 1. The van der Waals surface area contributed by atoms with Crippen molar-refractivity contribution in [1.29, 1.82) is 0 Å². The van der Waals surface area contributed by atoms with Crippen molar-refractivity contribution in [2.75, 3.05) is 18.2 Å². The minimum Gasteiger partial charge on any atom is -0.465 e. The first-order valence-electron chi connectivity index (χ1n) is 6.48. The van der Waals surface area contributed by atoms with E-state index < -0.39 is 27.1 Å². The van der Waals surface area contributed by atoms with Crippen LogP contribution in [0, 0.1) is 5.41 Å². The first kappa shape index (κ1) is 18.4. The van der Waals surface area contributed by atoms with Crippen LogP contribution in [-0.2, 0) is 24.2 Å². The van der Waals surface area contributed by atoms with Gasteiger partial charge in [0.05, 0.1) is 22.2 Å². The Bertz CT molecular complexity index is 697. The predicted octanol–water partition coefficient (Wildman–Crippen LogP) is 2.27. The largest absolute Gasteiger partial charge is 0.465 e. The van der Waals surface area contributed by atoms with Gasteiger partial charge in [0.25, 0.3) is 0 Å². The summed E-state index contributed by atoms with van der Waals surface area (Å²) >= 11 is 5.96. The highest BCUT2D eigenvalue weighted by Crippen LogP contribution is 2.28. The molecule has 0 spiro atoms.